The molecule has 0 aliphatic rings. The minimum Gasteiger partial charge on any atom is -0.298 e. The minimum absolute atomic E-state index is 0.747. The van der Waals surface area contributed by atoms with E-state index in [9.17, 15) is 4.79 Å². The van der Waals surface area contributed by atoms with Crippen LogP contribution in [0.4, 0.5) is 0 Å². The van der Waals surface area contributed by atoms with Gasteiger partial charge in [-0.25, -0.2) is 0 Å². The van der Waals surface area contributed by atoms with Gasteiger partial charge in [-0.1, -0.05) is 25.2 Å². The molecule has 0 aromatic rings. The fourth-order valence-electron chi connectivity index (χ4n) is 0.457. The molecular formula is C8H12O. The average Bonchev–Trinajstić information content (AvgIpc) is 1.91. The van der Waals surface area contributed by atoms with E-state index in [1.54, 1.807) is 6.08 Å². The summed E-state index contributed by atoms with van der Waals surface area (Å²) in [6.45, 7) is 3.89. The van der Waals surface area contributed by atoms with Crippen molar-refractivity contribution in [2.45, 2.75) is 20.3 Å². The Morgan fingerprint density at radius 2 is 2.22 bits per heavy atom. The Morgan fingerprint density at radius 1 is 1.56 bits per heavy atom. The maximum Gasteiger partial charge on any atom is 0.149 e. The van der Waals surface area contributed by atoms with Gasteiger partial charge in [0, 0.05) is 5.57 Å². The molecule has 0 fully saturated rings. The molecule has 0 bridgehead atoms. The van der Waals surface area contributed by atoms with Crippen LogP contribution in [0.2, 0.25) is 0 Å². The van der Waals surface area contributed by atoms with Crippen LogP contribution >= 0.6 is 0 Å². The van der Waals surface area contributed by atoms with E-state index >= 15 is 0 Å². The third-order valence-corrected chi connectivity index (χ3v) is 1.02. The summed E-state index contributed by atoms with van der Waals surface area (Å²) >= 11 is 0. The normalized spacial score (nSPS) is 12.4. The van der Waals surface area contributed by atoms with Crippen molar-refractivity contribution in [1.82, 2.24) is 0 Å². The van der Waals surface area contributed by atoms with E-state index < -0.39 is 0 Å². The summed E-state index contributed by atoms with van der Waals surface area (Å²) in [4.78, 5) is 10.1. The second-order valence-electron chi connectivity index (χ2n) is 1.72. The van der Waals surface area contributed by atoms with Crippen molar-refractivity contribution in [2.75, 3.05) is 0 Å². The lowest BCUT2D eigenvalue weighted by atomic mass is 10.2. The number of hydrogen-bond acceptors (Lipinski definition) is 1. The fraction of sp³-hybridized carbons (Fsp3) is 0.375. The monoisotopic (exact) mass is 124 g/mol. The molecule has 0 atom stereocenters. The third-order valence-electron chi connectivity index (χ3n) is 1.02. The molecule has 0 aromatic heterocycles. The highest BCUT2D eigenvalue weighted by Gasteiger charge is 1.81. The standard InChI is InChI=1S/C8H12O/c1-3-5-6-8(4-2)7-9/h4-7H,3H2,1-2H3/b6-5+,8-4?. The summed E-state index contributed by atoms with van der Waals surface area (Å²) in [5.41, 5.74) is 0.747. The van der Waals surface area contributed by atoms with Crippen LogP contribution in [0.5, 0.6) is 0 Å². The second kappa shape index (κ2) is 5.29. The van der Waals surface area contributed by atoms with E-state index in [2.05, 4.69) is 0 Å². The van der Waals surface area contributed by atoms with Gasteiger partial charge in [-0.05, 0) is 13.3 Å². The molecule has 0 saturated heterocycles. The first-order valence-electron chi connectivity index (χ1n) is 3.13. The summed E-state index contributed by atoms with van der Waals surface area (Å²) in [6.07, 6.45) is 7.41. The summed E-state index contributed by atoms with van der Waals surface area (Å²) in [7, 11) is 0. The average molecular weight is 124 g/mol. The first-order valence-corrected chi connectivity index (χ1v) is 3.13. The summed E-state index contributed by atoms with van der Waals surface area (Å²) < 4.78 is 0. The third kappa shape index (κ3) is 3.71. The van der Waals surface area contributed by atoms with Gasteiger partial charge >= 0.3 is 0 Å². The highest BCUT2D eigenvalue weighted by atomic mass is 16.1. The van der Waals surface area contributed by atoms with Gasteiger partial charge in [0.15, 0.2) is 0 Å². The van der Waals surface area contributed by atoms with Gasteiger partial charge in [-0.2, -0.15) is 0 Å². The van der Waals surface area contributed by atoms with Crippen LogP contribution in [0.25, 0.3) is 0 Å². The molecule has 9 heavy (non-hydrogen) atoms. The van der Waals surface area contributed by atoms with Crippen LogP contribution in [0.15, 0.2) is 23.8 Å². The summed E-state index contributed by atoms with van der Waals surface area (Å²) in [5.74, 6) is 0. The van der Waals surface area contributed by atoms with Gasteiger partial charge in [0.1, 0.15) is 6.29 Å². The molecule has 0 spiro atoms. The van der Waals surface area contributed by atoms with E-state index in [0.717, 1.165) is 18.3 Å². The van der Waals surface area contributed by atoms with Crippen molar-refractivity contribution in [3.05, 3.63) is 23.8 Å². The number of carbonyl (C=O) groups excluding carboxylic acids is 1. The Kier molecular flexibility index (Phi) is 4.79. The predicted octanol–water partition coefficient (Wildman–Crippen LogP) is 2.10. The van der Waals surface area contributed by atoms with Gasteiger partial charge < -0.3 is 0 Å². The Hall–Kier alpha value is -0.850. The SMILES string of the molecule is CC=C(C=O)/C=C/CC. The van der Waals surface area contributed by atoms with Crippen LogP contribution in [0, 0.1) is 0 Å². The molecule has 0 amide bonds. The fourth-order valence-corrected chi connectivity index (χ4v) is 0.457. The largest absolute Gasteiger partial charge is 0.298 e. The summed E-state index contributed by atoms with van der Waals surface area (Å²) in [6, 6.07) is 0. The molecule has 1 nitrogen and oxygen atoms in total. The smallest absolute Gasteiger partial charge is 0.149 e. The molecular weight excluding hydrogens is 112 g/mol. The van der Waals surface area contributed by atoms with Crippen molar-refractivity contribution in [2.24, 2.45) is 0 Å². The van der Waals surface area contributed by atoms with Crippen LogP contribution < -0.4 is 0 Å². The Bertz CT molecular complexity index is 132. The highest BCUT2D eigenvalue weighted by molar-refractivity contribution is 5.77. The summed E-state index contributed by atoms with van der Waals surface area (Å²) in [5, 5.41) is 0. The van der Waals surface area contributed by atoms with E-state index in [-0.39, 0.29) is 0 Å². The molecule has 0 radical (unpaired) electrons. The second-order valence-corrected chi connectivity index (χ2v) is 1.72. The van der Waals surface area contributed by atoms with E-state index in [4.69, 9.17) is 0 Å². The van der Waals surface area contributed by atoms with Gasteiger partial charge in [0.2, 0.25) is 0 Å². The van der Waals surface area contributed by atoms with Crippen molar-refractivity contribution >= 4 is 6.29 Å². The molecule has 1 heteroatoms. The molecule has 0 unspecified atom stereocenters. The van der Waals surface area contributed by atoms with Gasteiger partial charge in [0.25, 0.3) is 0 Å². The Morgan fingerprint density at radius 3 is 2.56 bits per heavy atom. The van der Waals surface area contributed by atoms with Gasteiger partial charge in [-0.3, -0.25) is 4.79 Å². The van der Waals surface area contributed by atoms with Crippen LogP contribution in [0.1, 0.15) is 20.3 Å². The van der Waals surface area contributed by atoms with E-state index in [1.807, 2.05) is 26.0 Å². The van der Waals surface area contributed by atoms with Crippen molar-refractivity contribution in [3.63, 3.8) is 0 Å². The molecule has 0 aliphatic heterocycles. The van der Waals surface area contributed by atoms with Crippen LogP contribution in [0.3, 0.4) is 0 Å². The molecule has 0 aliphatic carbocycles. The number of hydrogen-bond donors (Lipinski definition) is 0. The van der Waals surface area contributed by atoms with Crippen molar-refractivity contribution in [1.29, 1.82) is 0 Å². The first kappa shape index (κ1) is 8.15. The molecule has 0 rings (SSSR count). The lowest BCUT2D eigenvalue weighted by molar-refractivity contribution is -0.104. The van der Waals surface area contributed by atoms with Gasteiger partial charge in [-0.15, -0.1) is 0 Å². The number of aldehydes is 1. The Labute approximate surface area is 56.1 Å². The van der Waals surface area contributed by atoms with E-state index in [0.29, 0.717) is 0 Å². The van der Waals surface area contributed by atoms with Crippen LogP contribution in [-0.2, 0) is 4.79 Å². The minimum atomic E-state index is 0.747. The Balaban J connectivity index is 3.84. The van der Waals surface area contributed by atoms with Crippen LogP contribution in [-0.4, -0.2) is 6.29 Å². The lowest BCUT2D eigenvalue weighted by Gasteiger charge is -1.83. The predicted molar refractivity (Wildman–Crippen MR) is 39.3 cm³/mol. The van der Waals surface area contributed by atoms with Gasteiger partial charge in [0.05, 0.1) is 0 Å². The van der Waals surface area contributed by atoms with E-state index in [1.165, 1.54) is 0 Å². The quantitative estimate of drug-likeness (QED) is 0.320. The molecule has 50 valence electrons. The molecule has 0 saturated carbocycles. The maximum atomic E-state index is 10.1. The number of allylic oxidation sites excluding steroid dienone is 4. The first-order chi connectivity index (χ1) is 4.35. The zero-order valence-electron chi connectivity index (χ0n) is 5.92. The maximum absolute atomic E-state index is 10.1. The molecule has 0 N–H and O–H groups in total. The topological polar surface area (TPSA) is 17.1 Å². The number of carbonyl (C=O) groups is 1. The van der Waals surface area contributed by atoms with Crippen molar-refractivity contribution < 1.29 is 4.79 Å². The molecule has 0 aromatic carbocycles. The lowest BCUT2D eigenvalue weighted by Crippen LogP contribution is -1.75. The zero-order chi connectivity index (χ0) is 7.11. The number of rotatable bonds is 3. The molecule has 0 heterocycles. The zero-order valence-corrected chi connectivity index (χ0v) is 5.92. The highest BCUT2D eigenvalue weighted by Crippen LogP contribution is 1.92. The van der Waals surface area contributed by atoms with Crippen molar-refractivity contribution in [3.8, 4) is 0 Å².